The molecule has 17 heavy (non-hydrogen) atoms. The van der Waals surface area contributed by atoms with Crippen molar-refractivity contribution >= 4 is 11.6 Å². The summed E-state index contributed by atoms with van der Waals surface area (Å²) in [6.07, 6.45) is 4.83. The standard InChI is InChI=1S/C15H24ClN/c1-4-6-12(3)17-15(7-5-2)13-8-10-14(16)11-9-13/h8-12,15,17H,4-7H2,1-3H3. The smallest absolute Gasteiger partial charge is 0.0406 e. The molecule has 0 aliphatic carbocycles. The van der Waals surface area contributed by atoms with Gasteiger partial charge in [-0.3, -0.25) is 0 Å². The molecule has 2 heteroatoms. The Hall–Kier alpha value is -0.530. The van der Waals surface area contributed by atoms with Crippen LogP contribution in [-0.2, 0) is 0 Å². The van der Waals surface area contributed by atoms with E-state index in [1.54, 1.807) is 0 Å². The zero-order chi connectivity index (χ0) is 12.7. The number of rotatable bonds is 7. The van der Waals surface area contributed by atoms with Gasteiger partial charge in [0.25, 0.3) is 0 Å². The van der Waals surface area contributed by atoms with Crippen LogP contribution in [0.1, 0.15) is 58.1 Å². The SMILES string of the molecule is CCCC(C)NC(CCC)c1ccc(Cl)cc1. The first-order valence-corrected chi connectivity index (χ1v) is 7.06. The van der Waals surface area contributed by atoms with Crippen LogP contribution in [0.4, 0.5) is 0 Å². The van der Waals surface area contributed by atoms with Gasteiger partial charge in [-0.2, -0.15) is 0 Å². The first-order valence-electron chi connectivity index (χ1n) is 6.68. The van der Waals surface area contributed by atoms with Gasteiger partial charge in [-0.15, -0.1) is 0 Å². The predicted molar refractivity (Wildman–Crippen MR) is 76.6 cm³/mol. The number of benzene rings is 1. The first-order chi connectivity index (χ1) is 8.17. The maximum absolute atomic E-state index is 5.93. The van der Waals surface area contributed by atoms with Crippen molar-refractivity contribution < 1.29 is 0 Å². The summed E-state index contributed by atoms with van der Waals surface area (Å²) in [6, 6.07) is 9.26. The Morgan fingerprint density at radius 3 is 2.18 bits per heavy atom. The Morgan fingerprint density at radius 2 is 1.65 bits per heavy atom. The van der Waals surface area contributed by atoms with Crippen molar-refractivity contribution in [1.29, 1.82) is 0 Å². The second-order valence-corrected chi connectivity index (χ2v) is 5.19. The average Bonchev–Trinajstić information content (AvgIpc) is 2.30. The third-order valence-corrected chi connectivity index (χ3v) is 3.31. The molecule has 0 radical (unpaired) electrons. The van der Waals surface area contributed by atoms with Crippen LogP contribution in [0, 0.1) is 0 Å². The van der Waals surface area contributed by atoms with E-state index in [-0.39, 0.29) is 0 Å². The van der Waals surface area contributed by atoms with E-state index >= 15 is 0 Å². The summed E-state index contributed by atoms with van der Waals surface area (Å²) in [7, 11) is 0. The molecule has 0 bridgehead atoms. The molecule has 0 amide bonds. The van der Waals surface area contributed by atoms with Crippen LogP contribution in [0.25, 0.3) is 0 Å². The number of halogens is 1. The third kappa shape index (κ3) is 5.10. The maximum atomic E-state index is 5.93. The van der Waals surface area contributed by atoms with Gasteiger partial charge < -0.3 is 5.32 Å². The Kier molecular flexibility index (Phi) is 6.61. The second kappa shape index (κ2) is 7.73. The van der Waals surface area contributed by atoms with Gasteiger partial charge in [0, 0.05) is 17.1 Å². The van der Waals surface area contributed by atoms with E-state index in [1.807, 2.05) is 12.1 Å². The molecule has 2 unspecified atom stereocenters. The molecule has 0 aliphatic heterocycles. The van der Waals surface area contributed by atoms with E-state index in [9.17, 15) is 0 Å². The maximum Gasteiger partial charge on any atom is 0.0406 e. The molecular formula is C15H24ClN. The lowest BCUT2D eigenvalue weighted by Gasteiger charge is -2.23. The van der Waals surface area contributed by atoms with Crippen LogP contribution in [0.15, 0.2) is 24.3 Å². The summed E-state index contributed by atoms with van der Waals surface area (Å²) < 4.78 is 0. The van der Waals surface area contributed by atoms with E-state index in [4.69, 9.17) is 11.6 Å². The van der Waals surface area contributed by atoms with Gasteiger partial charge in [-0.25, -0.2) is 0 Å². The fourth-order valence-electron chi connectivity index (χ4n) is 2.19. The number of hydrogen-bond acceptors (Lipinski definition) is 1. The van der Waals surface area contributed by atoms with Gasteiger partial charge >= 0.3 is 0 Å². The van der Waals surface area contributed by atoms with Crippen LogP contribution < -0.4 is 5.32 Å². The van der Waals surface area contributed by atoms with Gasteiger partial charge in [-0.1, -0.05) is 50.4 Å². The van der Waals surface area contributed by atoms with E-state index in [0.717, 1.165) is 5.02 Å². The summed E-state index contributed by atoms with van der Waals surface area (Å²) in [5.74, 6) is 0. The number of hydrogen-bond donors (Lipinski definition) is 1. The highest BCUT2D eigenvalue weighted by Crippen LogP contribution is 2.21. The normalized spacial score (nSPS) is 14.6. The van der Waals surface area contributed by atoms with Gasteiger partial charge in [0.2, 0.25) is 0 Å². The summed E-state index contributed by atoms with van der Waals surface area (Å²) in [5.41, 5.74) is 1.35. The van der Waals surface area contributed by atoms with Gasteiger partial charge in [0.05, 0.1) is 0 Å². The fraction of sp³-hybridized carbons (Fsp3) is 0.600. The van der Waals surface area contributed by atoms with E-state index in [1.165, 1.54) is 31.2 Å². The molecular weight excluding hydrogens is 230 g/mol. The average molecular weight is 254 g/mol. The minimum Gasteiger partial charge on any atom is -0.307 e. The molecule has 96 valence electrons. The molecule has 1 nitrogen and oxygen atoms in total. The molecule has 0 fully saturated rings. The molecule has 2 atom stereocenters. The summed E-state index contributed by atoms with van der Waals surface area (Å²) >= 11 is 5.93. The lowest BCUT2D eigenvalue weighted by atomic mass is 10.0. The lowest BCUT2D eigenvalue weighted by Crippen LogP contribution is -2.30. The van der Waals surface area contributed by atoms with Crippen molar-refractivity contribution in [2.24, 2.45) is 0 Å². The Bertz CT molecular complexity index is 307. The van der Waals surface area contributed by atoms with E-state index < -0.39 is 0 Å². The summed E-state index contributed by atoms with van der Waals surface area (Å²) in [6.45, 7) is 6.73. The van der Waals surface area contributed by atoms with Crippen LogP contribution in [-0.4, -0.2) is 6.04 Å². The fourth-order valence-corrected chi connectivity index (χ4v) is 2.32. The zero-order valence-electron chi connectivity index (χ0n) is 11.2. The highest BCUT2D eigenvalue weighted by molar-refractivity contribution is 6.30. The zero-order valence-corrected chi connectivity index (χ0v) is 11.9. The van der Waals surface area contributed by atoms with Crippen molar-refractivity contribution in [3.63, 3.8) is 0 Å². The molecule has 1 N–H and O–H groups in total. The molecule has 0 aromatic heterocycles. The minimum atomic E-state index is 0.457. The minimum absolute atomic E-state index is 0.457. The monoisotopic (exact) mass is 253 g/mol. The molecule has 0 saturated heterocycles. The van der Waals surface area contributed by atoms with Crippen molar-refractivity contribution in [3.8, 4) is 0 Å². The highest BCUT2D eigenvalue weighted by atomic mass is 35.5. The molecule has 0 aliphatic rings. The van der Waals surface area contributed by atoms with Crippen molar-refractivity contribution in [2.75, 3.05) is 0 Å². The topological polar surface area (TPSA) is 12.0 Å². The molecule has 1 aromatic carbocycles. The largest absolute Gasteiger partial charge is 0.307 e. The quantitative estimate of drug-likeness (QED) is 0.724. The van der Waals surface area contributed by atoms with Crippen molar-refractivity contribution in [1.82, 2.24) is 5.32 Å². The van der Waals surface area contributed by atoms with Crippen molar-refractivity contribution in [3.05, 3.63) is 34.9 Å². The van der Waals surface area contributed by atoms with Crippen LogP contribution in [0.5, 0.6) is 0 Å². The summed E-state index contributed by atoms with van der Waals surface area (Å²) in [4.78, 5) is 0. The number of nitrogens with one attached hydrogen (secondary N) is 1. The van der Waals surface area contributed by atoms with Gasteiger partial charge in [0.15, 0.2) is 0 Å². The lowest BCUT2D eigenvalue weighted by molar-refractivity contribution is 0.412. The van der Waals surface area contributed by atoms with Crippen LogP contribution >= 0.6 is 11.6 Å². The summed E-state index contributed by atoms with van der Waals surface area (Å²) in [5, 5.41) is 4.52. The van der Waals surface area contributed by atoms with Crippen LogP contribution in [0.3, 0.4) is 0 Å². The van der Waals surface area contributed by atoms with Gasteiger partial charge in [0.1, 0.15) is 0 Å². The highest BCUT2D eigenvalue weighted by Gasteiger charge is 2.12. The Balaban J connectivity index is 2.67. The van der Waals surface area contributed by atoms with E-state index in [2.05, 4.69) is 38.2 Å². The Labute approximate surface area is 111 Å². The van der Waals surface area contributed by atoms with Crippen molar-refractivity contribution in [2.45, 2.75) is 58.5 Å². The third-order valence-electron chi connectivity index (χ3n) is 3.06. The second-order valence-electron chi connectivity index (χ2n) is 4.75. The molecule has 1 rings (SSSR count). The molecule has 0 saturated carbocycles. The first kappa shape index (κ1) is 14.5. The molecule has 0 heterocycles. The predicted octanol–water partition coefficient (Wildman–Crippen LogP) is 4.96. The Morgan fingerprint density at radius 1 is 1.06 bits per heavy atom. The molecule has 0 spiro atoms. The van der Waals surface area contributed by atoms with Crippen LogP contribution in [0.2, 0.25) is 5.02 Å². The van der Waals surface area contributed by atoms with E-state index in [0.29, 0.717) is 12.1 Å². The van der Waals surface area contributed by atoms with Gasteiger partial charge in [-0.05, 0) is 37.5 Å². The molecule has 1 aromatic rings.